The summed E-state index contributed by atoms with van der Waals surface area (Å²) in [4.78, 5) is 15.2. The molecule has 0 atom stereocenters. The van der Waals surface area contributed by atoms with Gasteiger partial charge in [0.25, 0.3) is 6.71 Å². The Morgan fingerprint density at radius 3 is 1.13 bits per heavy atom. The average molecular weight is 1260 g/mol. The molecule has 462 valence electrons. The quantitative estimate of drug-likeness (QED) is 0.121. The largest absolute Gasteiger partial charge is 0.416 e. The lowest BCUT2D eigenvalue weighted by molar-refractivity contribution is -0.137. The van der Waals surface area contributed by atoms with Gasteiger partial charge in [0.15, 0.2) is 5.82 Å². The van der Waals surface area contributed by atoms with Gasteiger partial charge in [0.1, 0.15) is 0 Å². The Labute approximate surface area is 566 Å². The van der Waals surface area contributed by atoms with Crippen molar-refractivity contribution in [1.82, 2.24) is 14.5 Å². The van der Waals surface area contributed by atoms with Crippen LogP contribution in [0.1, 0.15) is 5.56 Å². The molecule has 98 heavy (non-hydrogen) atoms. The lowest BCUT2D eigenvalue weighted by Crippen LogP contribution is -2.61. The highest BCUT2D eigenvalue weighted by atomic mass is 19.4. The number of anilines is 6. The summed E-state index contributed by atoms with van der Waals surface area (Å²) in [6, 6.07) is 119. The van der Waals surface area contributed by atoms with Crippen molar-refractivity contribution in [3.63, 3.8) is 0 Å². The van der Waals surface area contributed by atoms with Crippen molar-refractivity contribution in [3.05, 3.63) is 351 Å². The van der Waals surface area contributed by atoms with Crippen LogP contribution in [0.5, 0.6) is 0 Å². The van der Waals surface area contributed by atoms with Gasteiger partial charge in [-0.1, -0.05) is 243 Å². The zero-order chi connectivity index (χ0) is 65.4. The highest BCUT2D eigenvalue weighted by molar-refractivity contribution is 7.00. The molecule has 0 N–H and O–H groups in total. The zero-order valence-corrected chi connectivity index (χ0v) is 52.9. The fraction of sp³-hybridized carbons (Fsp3) is 0.0112. The van der Waals surface area contributed by atoms with Gasteiger partial charge in [-0.05, 0) is 175 Å². The summed E-state index contributed by atoms with van der Waals surface area (Å²) in [5, 5.41) is 1.86. The standard InChI is InChI=1S/C89H57BF3N5/c91-89(92,93)70-44-46-82(75(56-70)88-94-78(62-33-15-5-16-34-62)57-79(95-88)63-35-17-6-18-36-63)98-80-40-22-19-37-73(80)74-53-64(43-45-81(74)98)69-54-85-87-86(55-69)97(72-51-67(60-29-11-3-12-30-60)48-68(52-72)61-31-13-4-14-32-61)84-42-24-21-39-77(84)90(87)76-38-20-23-41-83(76)96(85)71-49-65(58-25-7-1-8-26-58)47-66(50-71)59-27-9-2-10-28-59/h1-57H. The number of rotatable bonds is 11. The molecule has 2 aromatic heterocycles. The van der Waals surface area contributed by atoms with Crippen LogP contribution >= 0.6 is 0 Å². The SMILES string of the molecule is FC(F)(F)c1ccc(-n2c3ccccc3c3cc(-c4cc5c6c(c4)N(c4cc(-c7ccccc7)cc(-c7ccccc7)c4)c4ccccc4B6c4ccccc4N5c4cc(-c5ccccc5)cc(-c5ccccc5)c4)ccc32)c(-c2nc(-c3ccccc3)cc(-c3ccccc3)n2)c1. The number of nitrogens with zero attached hydrogens (tertiary/aromatic N) is 5. The number of fused-ring (bicyclic) bond motifs is 7. The highest BCUT2D eigenvalue weighted by Gasteiger charge is 2.44. The molecule has 2 aliphatic rings. The van der Waals surface area contributed by atoms with Gasteiger partial charge in [0, 0.05) is 61.6 Å². The molecule has 0 unspecified atom stereocenters. The van der Waals surface area contributed by atoms with Crippen LogP contribution in [0.25, 0.3) is 117 Å². The summed E-state index contributed by atoms with van der Waals surface area (Å²) in [6.45, 7) is -0.162. The molecule has 0 spiro atoms. The first kappa shape index (κ1) is 58.0. The summed E-state index contributed by atoms with van der Waals surface area (Å²) in [5.41, 5.74) is 24.9. The summed E-state index contributed by atoms with van der Waals surface area (Å²) in [6.07, 6.45) is -4.66. The third-order valence-electron chi connectivity index (χ3n) is 19.3. The van der Waals surface area contributed by atoms with Gasteiger partial charge in [-0.15, -0.1) is 0 Å². The van der Waals surface area contributed by atoms with Gasteiger partial charge in [-0.25, -0.2) is 9.97 Å². The normalized spacial score (nSPS) is 12.4. The maximum absolute atomic E-state index is 15.2. The number of benzene rings is 14. The number of halogens is 3. The summed E-state index contributed by atoms with van der Waals surface area (Å²) >= 11 is 0. The van der Waals surface area contributed by atoms with E-state index in [9.17, 15) is 0 Å². The number of hydrogen-bond acceptors (Lipinski definition) is 4. The summed E-state index contributed by atoms with van der Waals surface area (Å²) < 4.78 is 47.8. The number of alkyl halides is 3. The molecule has 0 aliphatic carbocycles. The molecule has 0 saturated heterocycles. The average Bonchev–Trinajstić information content (AvgIpc) is 0.748. The van der Waals surface area contributed by atoms with Gasteiger partial charge < -0.3 is 14.4 Å². The van der Waals surface area contributed by atoms with Crippen LogP contribution in [0.4, 0.5) is 47.3 Å². The van der Waals surface area contributed by atoms with E-state index in [2.05, 4.69) is 257 Å². The molecule has 0 bridgehead atoms. The fourth-order valence-corrected chi connectivity index (χ4v) is 14.9. The van der Waals surface area contributed by atoms with Crippen molar-refractivity contribution < 1.29 is 13.2 Å². The fourth-order valence-electron chi connectivity index (χ4n) is 14.9. The predicted molar refractivity (Wildman–Crippen MR) is 399 cm³/mol. The molecule has 9 heteroatoms. The first-order chi connectivity index (χ1) is 48.2. The number of para-hydroxylation sites is 3. The molecule has 16 aromatic rings. The van der Waals surface area contributed by atoms with E-state index in [-0.39, 0.29) is 18.1 Å². The lowest BCUT2D eigenvalue weighted by atomic mass is 9.33. The Balaban J connectivity index is 0.901. The molecule has 0 saturated carbocycles. The summed E-state index contributed by atoms with van der Waals surface area (Å²) in [7, 11) is 0. The summed E-state index contributed by atoms with van der Waals surface area (Å²) in [5.74, 6) is 0.169. The molecule has 5 nitrogen and oxygen atoms in total. The van der Waals surface area contributed by atoms with Crippen LogP contribution in [0.15, 0.2) is 346 Å². The van der Waals surface area contributed by atoms with Crippen molar-refractivity contribution in [2.75, 3.05) is 9.80 Å². The Kier molecular flexibility index (Phi) is 14.0. The number of aromatic nitrogens is 3. The van der Waals surface area contributed by atoms with E-state index in [1.54, 1.807) is 6.07 Å². The first-order valence-corrected chi connectivity index (χ1v) is 33.0. The minimum atomic E-state index is -4.66. The lowest BCUT2D eigenvalue weighted by Gasteiger charge is -2.44. The van der Waals surface area contributed by atoms with Crippen molar-refractivity contribution in [2.45, 2.75) is 6.18 Å². The second kappa shape index (κ2) is 23.7. The first-order valence-electron chi connectivity index (χ1n) is 33.0. The molecular weight excluding hydrogens is 1210 g/mol. The molecule has 18 rings (SSSR count). The Hall–Kier alpha value is -12.6. The molecular formula is C89H57BF3N5. The van der Waals surface area contributed by atoms with Gasteiger partial charge in [0.2, 0.25) is 0 Å². The van der Waals surface area contributed by atoms with E-state index >= 15 is 13.2 Å². The predicted octanol–water partition coefficient (Wildman–Crippen LogP) is 22.0. The van der Waals surface area contributed by atoms with E-state index in [4.69, 9.17) is 9.97 Å². The Morgan fingerprint density at radius 1 is 0.276 bits per heavy atom. The van der Waals surface area contributed by atoms with Gasteiger partial charge in [-0.2, -0.15) is 13.2 Å². The third-order valence-corrected chi connectivity index (χ3v) is 19.3. The van der Waals surface area contributed by atoms with Crippen molar-refractivity contribution in [3.8, 4) is 95.2 Å². The van der Waals surface area contributed by atoms with E-state index in [1.165, 1.54) is 28.5 Å². The molecule has 4 heterocycles. The topological polar surface area (TPSA) is 37.2 Å². The molecule has 0 fully saturated rings. The van der Waals surface area contributed by atoms with Gasteiger partial charge in [-0.3, -0.25) is 0 Å². The maximum atomic E-state index is 15.2. The van der Waals surface area contributed by atoms with Crippen molar-refractivity contribution in [1.29, 1.82) is 0 Å². The van der Waals surface area contributed by atoms with Crippen LogP contribution in [-0.4, -0.2) is 21.2 Å². The van der Waals surface area contributed by atoms with Crippen LogP contribution in [0.3, 0.4) is 0 Å². The van der Waals surface area contributed by atoms with E-state index in [0.29, 0.717) is 17.1 Å². The maximum Gasteiger partial charge on any atom is 0.416 e. The van der Waals surface area contributed by atoms with Gasteiger partial charge in [0.05, 0.1) is 33.7 Å². The third kappa shape index (κ3) is 10.1. The van der Waals surface area contributed by atoms with E-state index in [0.717, 1.165) is 123 Å². The Bertz CT molecular complexity index is 5370. The van der Waals surface area contributed by atoms with Crippen LogP contribution in [-0.2, 0) is 6.18 Å². The van der Waals surface area contributed by atoms with Crippen LogP contribution in [0.2, 0.25) is 0 Å². The second-order valence-electron chi connectivity index (χ2n) is 25.2. The zero-order valence-electron chi connectivity index (χ0n) is 52.9. The molecule has 0 amide bonds. The van der Waals surface area contributed by atoms with E-state index in [1.807, 2.05) is 84.9 Å². The Morgan fingerprint density at radius 2 is 0.673 bits per heavy atom. The van der Waals surface area contributed by atoms with Crippen molar-refractivity contribution in [2.24, 2.45) is 0 Å². The molecule has 0 radical (unpaired) electrons. The molecule has 14 aromatic carbocycles. The minimum absolute atomic E-state index is 0.162. The highest BCUT2D eigenvalue weighted by Crippen LogP contribution is 2.50. The van der Waals surface area contributed by atoms with E-state index < -0.39 is 11.7 Å². The van der Waals surface area contributed by atoms with Gasteiger partial charge >= 0.3 is 6.18 Å². The second-order valence-corrected chi connectivity index (χ2v) is 25.2. The minimum Gasteiger partial charge on any atom is -0.311 e. The smallest absolute Gasteiger partial charge is 0.311 e. The van der Waals surface area contributed by atoms with Crippen LogP contribution < -0.4 is 26.2 Å². The van der Waals surface area contributed by atoms with Crippen molar-refractivity contribution >= 4 is 79.0 Å². The number of hydrogen-bond donors (Lipinski definition) is 0. The molecule has 2 aliphatic heterocycles. The monoisotopic (exact) mass is 1260 g/mol. The van der Waals surface area contributed by atoms with Crippen LogP contribution in [0, 0.1) is 0 Å².